The summed E-state index contributed by atoms with van der Waals surface area (Å²) in [5.41, 5.74) is 0. The zero-order valence-electron chi connectivity index (χ0n) is 11.8. The Morgan fingerprint density at radius 1 is 1.05 bits per heavy atom. The van der Waals surface area contributed by atoms with Crippen LogP contribution in [0.15, 0.2) is 0 Å². The monoisotopic (exact) mass is 310 g/mol. The summed E-state index contributed by atoms with van der Waals surface area (Å²) in [7, 11) is -1.05. The minimum absolute atomic E-state index is 0. The van der Waals surface area contributed by atoms with Gasteiger partial charge in [0.2, 0.25) is 10.0 Å². The number of piperidine rings is 1. The molecule has 0 bridgehead atoms. The van der Waals surface area contributed by atoms with Gasteiger partial charge in [-0.2, -0.15) is 0 Å². The molecular formula is C13H27ClN2O2S. The summed E-state index contributed by atoms with van der Waals surface area (Å²) in [4.78, 5) is 0. The van der Waals surface area contributed by atoms with Crippen LogP contribution < -0.4 is 5.32 Å². The van der Waals surface area contributed by atoms with E-state index in [1.807, 2.05) is 7.05 Å². The highest BCUT2D eigenvalue weighted by molar-refractivity contribution is 7.89. The number of nitrogens with zero attached hydrogens (tertiary/aromatic N) is 1. The van der Waals surface area contributed by atoms with Crippen molar-refractivity contribution in [3.8, 4) is 0 Å². The lowest BCUT2D eigenvalue weighted by atomic mass is 9.91. The molecule has 6 heteroatoms. The number of nitrogens with one attached hydrogen (secondary N) is 1. The first kappa shape index (κ1) is 17.2. The molecule has 0 amide bonds. The van der Waals surface area contributed by atoms with Crippen LogP contribution in [0.25, 0.3) is 0 Å². The van der Waals surface area contributed by atoms with Gasteiger partial charge in [0, 0.05) is 19.1 Å². The fourth-order valence-electron chi connectivity index (χ4n) is 3.18. The quantitative estimate of drug-likeness (QED) is 0.864. The van der Waals surface area contributed by atoms with Gasteiger partial charge in [0.15, 0.2) is 0 Å². The minimum atomic E-state index is -3.01. The maximum Gasteiger partial charge on any atom is 0.214 e. The maximum absolute atomic E-state index is 12.4. The summed E-state index contributed by atoms with van der Waals surface area (Å²) in [6.45, 7) is 1.39. The Morgan fingerprint density at radius 2 is 1.63 bits per heavy atom. The second kappa shape index (κ2) is 7.81. The standard InChI is InChI=1S/C13H26N2O2S.ClH/c1-14-13-7-9-15(10-8-13)18(16,17)11-12-5-3-2-4-6-12;/h12-14H,2-11H2,1H3;1H. The van der Waals surface area contributed by atoms with Gasteiger partial charge in [-0.25, -0.2) is 12.7 Å². The zero-order valence-corrected chi connectivity index (χ0v) is 13.4. The van der Waals surface area contributed by atoms with E-state index in [-0.39, 0.29) is 12.4 Å². The highest BCUT2D eigenvalue weighted by Gasteiger charge is 2.30. The third-order valence-electron chi connectivity index (χ3n) is 4.43. The third kappa shape index (κ3) is 4.88. The average molecular weight is 311 g/mol. The van der Waals surface area contributed by atoms with Crippen LogP contribution in [0.3, 0.4) is 0 Å². The van der Waals surface area contributed by atoms with Crippen molar-refractivity contribution in [3.05, 3.63) is 0 Å². The van der Waals surface area contributed by atoms with Crippen LogP contribution in [0.2, 0.25) is 0 Å². The van der Waals surface area contributed by atoms with Crippen molar-refractivity contribution in [1.82, 2.24) is 9.62 Å². The Bertz CT molecular complexity index is 348. The number of hydrogen-bond donors (Lipinski definition) is 1. The summed E-state index contributed by atoms with van der Waals surface area (Å²) in [6.07, 6.45) is 7.80. The van der Waals surface area contributed by atoms with E-state index in [0.717, 1.165) is 25.7 Å². The highest BCUT2D eigenvalue weighted by atomic mass is 35.5. The van der Waals surface area contributed by atoms with E-state index in [1.165, 1.54) is 19.3 Å². The van der Waals surface area contributed by atoms with Crippen molar-refractivity contribution in [2.75, 3.05) is 25.9 Å². The van der Waals surface area contributed by atoms with E-state index in [1.54, 1.807) is 4.31 Å². The molecule has 2 aliphatic rings. The molecule has 2 fully saturated rings. The molecule has 19 heavy (non-hydrogen) atoms. The Kier molecular flexibility index (Phi) is 7.08. The smallest absolute Gasteiger partial charge is 0.214 e. The molecule has 0 aromatic rings. The Hall–Kier alpha value is 0.160. The molecule has 0 atom stereocenters. The van der Waals surface area contributed by atoms with Gasteiger partial charge in [-0.3, -0.25) is 0 Å². The molecule has 2 rings (SSSR count). The van der Waals surface area contributed by atoms with Crippen molar-refractivity contribution in [3.63, 3.8) is 0 Å². The van der Waals surface area contributed by atoms with Crippen LogP contribution in [0.4, 0.5) is 0 Å². The van der Waals surface area contributed by atoms with Crippen LogP contribution >= 0.6 is 12.4 Å². The number of rotatable bonds is 4. The molecular weight excluding hydrogens is 284 g/mol. The van der Waals surface area contributed by atoms with Crippen LogP contribution in [0, 0.1) is 5.92 Å². The fraction of sp³-hybridized carbons (Fsp3) is 1.00. The van der Waals surface area contributed by atoms with Gasteiger partial charge in [-0.05, 0) is 38.6 Å². The predicted molar refractivity (Wildman–Crippen MR) is 81.3 cm³/mol. The van der Waals surface area contributed by atoms with Gasteiger partial charge >= 0.3 is 0 Å². The molecule has 4 nitrogen and oxygen atoms in total. The third-order valence-corrected chi connectivity index (χ3v) is 6.47. The molecule has 1 heterocycles. The molecule has 0 aromatic heterocycles. The van der Waals surface area contributed by atoms with Crippen LogP contribution in [0.1, 0.15) is 44.9 Å². The largest absolute Gasteiger partial charge is 0.317 e. The van der Waals surface area contributed by atoms with E-state index < -0.39 is 10.0 Å². The summed E-state index contributed by atoms with van der Waals surface area (Å²) in [5, 5.41) is 3.24. The van der Waals surface area contributed by atoms with Crippen molar-refractivity contribution in [2.24, 2.45) is 5.92 Å². The second-order valence-corrected chi connectivity index (χ2v) is 7.76. The van der Waals surface area contributed by atoms with Crippen molar-refractivity contribution >= 4 is 22.4 Å². The lowest BCUT2D eigenvalue weighted by Crippen LogP contribution is -2.45. The van der Waals surface area contributed by atoms with E-state index >= 15 is 0 Å². The maximum atomic E-state index is 12.4. The first-order chi connectivity index (χ1) is 8.62. The van der Waals surface area contributed by atoms with Crippen molar-refractivity contribution in [1.29, 1.82) is 0 Å². The second-order valence-electron chi connectivity index (χ2n) is 5.74. The highest BCUT2D eigenvalue weighted by Crippen LogP contribution is 2.26. The zero-order chi connectivity index (χ0) is 13.0. The van der Waals surface area contributed by atoms with Gasteiger partial charge in [-0.15, -0.1) is 12.4 Å². The van der Waals surface area contributed by atoms with Gasteiger partial charge in [0.05, 0.1) is 5.75 Å². The molecule has 0 radical (unpaired) electrons. The fourth-order valence-corrected chi connectivity index (χ4v) is 5.09. The number of halogens is 1. The average Bonchev–Trinajstić information content (AvgIpc) is 2.39. The summed E-state index contributed by atoms with van der Waals surface area (Å²) >= 11 is 0. The molecule has 114 valence electrons. The SMILES string of the molecule is CNC1CCN(S(=O)(=O)CC2CCCCC2)CC1.Cl. The van der Waals surface area contributed by atoms with Crippen LogP contribution in [-0.4, -0.2) is 44.7 Å². The molecule has 1 saturated heterocycles. The van der Waals surface area contributed by atoms with Gasteiger partial charge in [0.1, 0.15) is 0 Å². The van der Waals surface area contributed by atoms with Gasteiger partial charge in [0.25, 0.3) is 0 Å². The Balaban J connectivity index is 0.00000180. The van der Waals surface area contributed by atoms with E-state index in [0.29, 0.717) is 30.8 Å². The lowest BCUT2D eigenvalue weighted by Gasteiger charge is -2.32. The van der Waals surface area contributed by atoms with Gasteiger partial charge < -0.3 is 5.32 Å². The lowest BCUT2D eigenvalue weighted by molar-refractivity contribution is 0.293. The summed E-state index contributed by atoms with van der Waals surface area (Å²) in [5.74, 6) is 0.794. The topological polar surface area (TPSA) is 49.4 Å². The van der Waals surface area contributed by atoms with E-state index in [9.17, 15) is 8.42 Å². The molecule has 1 aliphatic carbocycles. The Labute approximate surface area is 123 Å². The van der Waals surface area contributed by atoms with Crippen LogP contribution in [0.5, 0.6) is 0 Å². The van der Waals surface area contributed by atoms with E-state index in [2.05, 4.69) is 5.32 Å². The number of sulfonamides is 1. The molecule has 1 saturated carbocycles. The van der Waals surface area contributed by atoms with E-state index in [4.69, 9.17) is 0 Å². The number of hydrogen-bond acceptors (Lipinski definition) is 3. The first-order valence-corrected chi connectivity index (χ1v) is 8.88. The summed E-state index contributed by atoms with van der Waals surface area (Å²) < 4.78 is 26.4. The predicted octanol–water partition coefficient (Wildman–Crippen LogP) is 2.00. The molecule has 1 aliphatic heterocycles. The molecule has 0 spiro atoms. The molecule has 0 aromatic carbocycles. The Morgan fingerprint density at radius 3 is 2.16 bits per heavy atom. The minimum Gasteiger partial charge on any atom is -0.317 e. The van der Waals surface area contributed by atoms with Gasteiger partial charge in [-0.1, -0.05) is 19.3 Å². The first-order valence-electron chi connectivity index (χ1n) is 7.27. The van der Waals surface area contributed by atoms with Crippen LogP contribution in [-0.2, 0) is 10.0 Å². The van der Waals surface area contributed by atoms with Crippen molar-refractivity contribution in [2.45, 2.75) is 51.0 Å². The normalized spacial score (nSPS) is 24.1. The van der Waals surface area contributed by atoms with Crippen molar-refractivity contribution < 1.29 is 8.42 Å². The molecule has 0 unspecified atom stereocenters. The summed E-state index contributed by atoms with van der Waals surface area (Å²) in [6, 6.07) is 0.492. The molecule has 1 N–H and O–H groups in total.